The highest BCUT2D eigenvalue weighted by molar-refractivity contribution is 6.03. The van der Waals surface area contributed by atoms with Crippen molar-refractivity contribution < 1.29 is 9.21 Å². The van der Waals surface area contributed by atoms with Crippen molar-refractivity contribution in [2.75, 3.05) is 23.3 Å². The fourth-order valence-electron chi connectivity index (χ4n) is 2.88. The summed E-state index contributed by atoms with van der Waals surface area (Å²) in [5, 5.41) is 2.88. The summed E-state index contributed by atoms with van der Waals surface area (Å²) in [5.74, 6) is 0.168. The molecule has 0 bridgehead atoms. The minimum absolute atomic E-state index is 0.204. The molecule has 1 aliphatic rings. The predicted molar refractivity (Wildman–Crippen MR) is 88.5 cm³/mol. The van der Waals surface area contributed by atoms with Crippen LogP contribution in [-0.2, 0) is 0 Å². The largest absolute Gasteiger partial charge is 0.459 e. The summed E-state index contributed by atoms with van der Waals surface area (Å²) >= 11 is 0. The fourth-order valence-corrected chi connectivity index (χ4v) is 2.88. The summed E-state index contributed by atoms with van der Waals surface area (Å²) in [6, 6.07) is 9.86. The number of aryl methyl sites for hydroxylation is 1. The molecule has 4 nitrogen and oxygen atoms in total. The first kappa shape index (κ1) is 14.7. The molecule has 4 heteroatoms. The minimum Gasteiger partial charge on any atom is -0.459 e. The van der Waals surface area contributed by atoms with Gasteiger partial charge in [0.1, 0.15) is 0 Å². The van der Waals surface area contributed by atoms with Gasteiger partial charge in [0.25, 0.3) is 5.91 Å². The molecule has 0 spiro atoms. The maximum absolute atomic E-state index is 12.1. The number of nitrogens with one attached hydrogen (secondary N) is 1. The quantitative estimate of drug-likeness (QED) is 0.922. The second-order valence-electron chi connectivity index (χ2n) is 5.83. The van der Waals surface area contributed by atoms with Gasteiger partial charge in [0.15, 0.2) is 5.76 Å². The number of benzene rings is 1. The standard InChI is InChI=1S/C18H22N2O2/c1-14-10-13-22-17(14)18(21)19-15-6-8-16(9-7-15)20-11-4-2-3-5-12-20/h6-10,13H,2-5,11-12H2,1H3,(H,19,21). The Labute approximate surface area is 131 Å². The number of anilines is 2. The molecule has 0 aliphatic carbocycles. The van der Waals surface area contributed by atoms with Gasteiger partial charge in [-0.15, -0.1) is 0 Å². The topological polar surface area (TPSA) is 45.5 Å². The maximum Gasteiger partial charge on any atom is 0.291 e. The lowest BCUT2D eigenvalue weighted by Crippen LogP contribution is -2.23. The molecule has 3 rings (SSSR count). The zero-order valence-corrected chi connectivity index (χ0v) is 13.0. The molecule has 22 heavy (non-hydrogen) atoms. The molecule has 2 aromatic rings. The Bertz CT molecular complexity index is 623. The summed E-state index contributed by atoms with van der Waals surface area (Å²) in [6.07, 6.45) is 6.71. The van der Waals surface area contributed by atoms with Crippen molar-refractivity contribution in [2.45, 2.75) is 32.6 Å². The third kappa shape index (κ3) is 3.32. The molecule has 0 radical (unpaired) electrons. The van der Waals surface area contributed by atoms with Gasteiger partial charge in [-0.05, 0) is 50.1 Å². The van der Waals surface area contributed by atoms with Crippen LogP contribution in [0, 0.1) is 6.92 Å². The van der Waals surface area contributed by atoms with Crippen molar-refractivity contribution in [1.82, 2.24) is 0 Å². The van der Waals surface area contributed by atoms with Crippen LogP contribution in [0.15, 0.2) is 41.0 Å². The summed E-state index contributed by atoms with van der Waals surface area (Å²) in [7, 11) is 0. The van der Waals surface area contributed by atoms with Crippen molar-refractivity contribution in [2.24, 2.45) is 0 Å². The zero-order chi connectivity index (χ0) is 15.4. The number of furan rings is 1. The Morgan fingerprint density at radius 1 is 1.05 bits per heavy atom. The van der Waals surface area contributed by atoms with Crippen LogP contribution in [0.25, 0.3) is 0 Å². The van der Waals surface area contributed by atoms with Crippen LogP contribution < -0.4 is 10.2 Å². The highest BCUT2D eigenvalue weighted by Crippen LogP contribution is 2.22. The monoisotopic (exact) mass is 298 g/mol. The number of nitrogens with zero attached hydrogens (tertiary/aromatic N) is 1. The minimum atomic E-state index is -0.204. The average molecular weight is 298 g/mol. The molecule has 116 valence electrons. The lowest BCUT2D eigenvalue weighted by Gasteiger charge is -2.22. The van der Waals surface area contributed by atoms with Crippen LogP contribution in [0.5, 0.6) is 0 Å². The van der Waals surface area contributed by atoms with Gasteiger partial charge in [-0.2, -0.15) is 0 Å². The van der Waals surface area contributed by atoms with Gasteiger partial charge in [-0.1, -0.05) is 12.8 Å². The first-order valence-electron chi connectivity index (χ1n) is 7.94. The molecule has 0 atom stereocenters. The molecular weight excluding hydrogens is 276 g/mol. The summed E-state index contributed by atoms with van der Waals surface area (Å²) in [6.45, 7) is 4.11. The Balaban J connectivity index is 1.66. The SMILES string of the molecule is Cc1ccoc1C(=O)Nc1ccc(N2CCCCCC2)cc1. The van der Waals surface area contributed by atoms with Crippen LogP contribution in [-0.4, -0.2) is 19.0 Å². The van der Waals surface area contributed by atoms with Crippen molar-refractivity contribution in [3.8, 4) is 0 Å². The van der Waals surface area contributed by atoms with E-state index in [9.17, 15) is 4.79 Å². The summed E-state index contributed by atoms with van der Waals surface area (Å²) < 4.78 is 5.21. The Hall–Kier alpha value is -2.23. The van der Waals surface area contributed by atoms with Crippen LogP contribution in [0.2, 0.25) is 0 Å². The third-order valence-corrected chi connectivity index (χ3v) is 4.16. The number of amides is 1. The lowest BCUT2D eigenvalue weighted by atomic mass is 10.2. The summed E-state index contributed by atoms with van der Waals surface area (Å²) in [5.41, 5.74) is 2.87. The summed E-state index contributed by atoms with van der Waals surface area (Å²) in [4.78, 5) is 14.5. The van der Waals surface area contributed by atoms with E-state index in [4.69, 9.17) is 4.42 Å². The van der Waals surface area contributed by atoms with Crippen molar-refractivity contribution >= 4 is 17.3 Å². The average Bonchev–Trinajstić information content (AvgIpc) is 2.79. The van der Waals surface area contributed by atoms with E-state index in [0.29, 0.717) is 5.76 Å². The second kappa shape index (κ2) is 6.69. The van der Waals surface area contributed by atoms with E-state index in [1.54, 1.807) is 6.07 Å². The molecule has 0 saturated carbocycles. The molecule has 1 amide bonds. The van der Waals surface area contributed by atoms with Gasteiger partial charge < -0.3 is 14.6 Å². The van der Waals surface area contributed by atoms with Crippen LogP contribution in [0.1, 0.15) is 41.8 Å². The molecule has 1 fully saturated rings. The number of rotatable bonds is 3. The highest BCUT2D eigenvalue weighted by Gasteiger charge is 2.13. The van der Waals surface area contributed by atoms with Gasteiger partial charge in [-0.25, -0.2) is 0 Å². The Morgan fingerprint density at radius 3 is 2.32 bits per heavy atom. The van der Waals surface area contributed by atoms with E-state index in [1.807, 2.05) is 19.1 Å². The van der Waals surface area contributed by atoms with Crippen molar-refractivity contribution in [1.29, 1.82) is 0 Å². The smallest absolute Gasteiger partial charge is 0.291 e. The molecule has 1 aromatic heterocycles. The van der Waals surface area contributed by atoms with Gasteiger partial charge in [-0.3, -0.25) is 4.79 Å². The molecule has 1 aromatic carbocycles. The van der Waals surface area contributed by atoms with E-state index < -0.39 is 0 Å². The van der Waals surface area contributed by atoms with Crippen LogP contribution >= 0.6 is 0 Å². The van der Waals surface area contributed by atoms with Gasteiger partial charge in [0.2, 0.25) is 0 Å². The van der Waals surface area contributed by atoms with E-state index in [-0.39, 0.29) is 5.91 Å². The van der Waals surface area contributed by atoms with Crippen LogP contribution in [0.4, 0.5) is 11.4 Å². The van der Waals surface area contributed by atoms with E-state index in [0.717, 1.165) is 24.3 Å². The number of hydrogen-bond acceptors (Lipinski definition) is 3. The maximum atomic E-state index is 12.1. The second-order valence-corrected chi connectivity index (χ2v) is 5.83. The molecule has 2 heterocycles. The van der Waals surface area contributed by atoms with Gasteiger partial charge in [0, 0.05) is 30.0 Å². The van der Waals surface area contributed by atoms with Crippen LogP contribution in [0.3, 0.4) is 0 Å². The van der Waals surface area contributed by atoms with Crippen molar-refractivity contribution in [3.05, 3.63) is 47.9 Å². The molecule has 1 saturated heterocycles. The fraction of sp³-hybridized carbons (Fsp3) is 0.389. The Morgan fingerprint density at radius 2 is 1.73 bits per heavy atom. The van der Waals surface area contributed by atoms with E-state index >= 15 is 0 Å². The lowest BCUT2D eigenvalue weighted by molar-refractivity contribution is 0.0996. The normalized spacial score (nSPS) is 15.4. The molecule has 1 N–H and O–H groups in total. The highest BCUT2D eigenvalue weighted by atomic mass is 16.3. The van der Waals surface area contributed by atoms with E-state index in [1.165, 1.54) is 37.6 Å². The third-order valence-electron chi connectivity index (χ3n) is 4.16. The molecular formula is C18H22N2O2. The molecule has 0 unspecified atom stereocenters. The molecule has 1 aliphatic heterocycles. The first-order valence-corrected chi connectivity index (χ1v) is 7.94. The zero-order valence-electron chi connectivity index (χ0n) is 13.0. The number of carbonyl (C=O) groups is 1. The number of hydrogen-bond donors (Lipinski definition) is 1. The van der Waals surface area contributed by atoms with Gasteiger partial charge in [0.05, 0.1) is 6.26 Å². The number of carbonyl (C=O) groups excluding carboxylic acids is 1. The van der Waals surface area contributed by atoms with E-state index in [2.05, 4.69) is 22.3 Å². The predicted octanol–water partition coefficient (Wildman–Crippen LogP) is 4.22. The van der Waals surface area contributed by atoms with Gasteiger partial charge >= 0.3 is 0 Å². The van der Waals surface area contributed by atoms with Crippen molar-refractivity contribution in [3.63, 3.8) is 0 Å². The first-order chi connectivity index (χ1) is 10.7. The Kier molecular flexibility index (Phi) is 4.47.